The third kappa shape index (κ3) is 4.73. The van der Waals surface area contributed by atoms with Gasteiger partial charge in [0.25, 0.3) is 5.91 Å². The third-order valence-corrected chi connectivity index (χ3v) is 6.93. The van der Waals surface area contributed by atoms with Gasteiger partial charge in [-0.1, -0.05) is 12.2 Å². The Morgan fingerprint density at radius 2 is 1.98 bits per heavy atom. The number of aliphatic hydroxyl groups is 1. The van der Waals surface area contributed by atoms with Crippen molar-refractivity contribution in [1.29, 1.82) is 0 Å². The van der Waals surface area contributed by atoms with E-state index in [4.69, 9.17) is 15.2 Å². The molecule has 0 saturated carbocycles. The first-order valence-electron chi connectivity index (χ1n) is 12.3. The summed E-state index contributed by atoms with van der Waals surface area (Å²) in [6, 6.07) is 8.84. The number of alkyl halides is 3. The summed E-state index contributed by atoms with van der Waals surface area (Å²) >= 11 is 0. The van der Waals surface area contributed by atoms with E-state index in [1.54, 1.807) is 13.0 Å². The zero-order chi connectivity index (χ0) is 28.9. The zero-order valence-corrected chi connectivity index (χ0v) is 21.5. The van der Waals surface area contributed by atoms with E-state index in [2.05, 4.69) is 15.6 Å². The summed E-state index contributed by atoms with van der Waals surface area (Å²) in [5.41, 5.74) is 2.39. The second kappa shape index (κ2) is 9.79. The van der Waals surface area contributed by atoms with E-state index in [1.165, 1.54) is 31.4 Å². The highest BCUT2D eigenvalue weighted by molar-refractivity contribution is 5.97. The average Bonchev–Trinajstić information content (AvgIpc) is 3.24. The molecule has 5 rings (SSSR count). The number of amides is 1. The van der Waals surface area contributed by atoms with Crippen LogP contribution in [0, 0.1) is 5.82 Å². The molecule has 0 fully saturated rings. The highest BCUT2D eigenvalue weighted by Crippen LogP contribution is 2.46. The molecule has 210 valence electrons. The standard InChI is InChI=1S/C28H26F4N4O4/c1-26(33)14-40-24-19(26)12-21(36-23(24)15-5-7-18(29)8-6-15)27(38,28(30,31)32)13-35-25(37)17-10-16-4-3-9-34-22(16)20(11-17)39-2/h3-8,10-12,34,38H,9,13-14,33H2,1-2H3,(H,35,37). The van der Waals surface area contributed by atoms with Crippen LogP contribution in [0.5, 0.6) is 11.5 Å². The number of anilines is 1. The molecular weight excluding hydrogens is 532 g/mol. The summed E-state index contributed by atoms with van der Waals surface area (Å²) in [7, 11) is 1.41. The van der Waals surface area contributed by atoms with Gasteiger partial charge in [-0.2, -0.15) is 13.2 Å². The van der Waals surface area contributed by atoms with Crippen molar-refractivity contribution in [3.05, 3.63) is 76.7 Å². The van der Waals surface area contributed by atoms with Crippen LogP contribution in [0.1, 0.15) is 34.1 Å². The molecule has 2 aliphatic rings. The lowest BCUT2D eigenvalue weighted by Crippen LogP contribution is -2.51. The molecule has 0 bridgehead atoms. The molecule has 0 radical (unpaired) electrons. The quantitative estimate of drug-likeness (QED) is 0.337. The predicted molar refractivity (Wildman–Crippen MR) is 139 cm³/mol. The Hall–Kier alpha value is -4.16. The Morgan fingerprint density at radius 3 is 2.65 bits per heavy atom. The van der Waals surface area contributed by atoms with Gasteiger partial charge in [-0.3, -0.25) is 4.79 Å². The summed E-state index contributed by atoms with van der Waals surface area (Å²) in [5, 5.41) is 16.4. The van der Waals surface area contributed by atoms with Crippen LogP contribution in [0.3, 0.4) is 0 Å². The van der Waals surface area contributed by atoms with Crippen molar-refractivity contribution in [1.82, 2.24) is 10.3 Å². The molecule has 2 aromatic carbocycles. The molecule has 0 saturated heterocycles. The van der Waals surface area contributed by atoms with Crippen molar-refractivity contribution < 1.29 is 36.9 Å². The number of benzene rings is 2. The number of methoxy groups -OCH3 is 1. The van der Waals surface area contributed by atoms with Crippen molar-refractivity contribution in [2.24, 2.45) is 5.73 Å². The number of hydrogen-bond donors (Lipinski definition) is 4. The van der Waals surface area contributed by atoms with Crippen molar-refractivity contribution >= 4 is 17.7 Å². The van der Waals surface area contributed by atoms with Crippen LogP contribution in [0.2, 0.25) is 0 Å². The molecule has 3 heterocycles. The van der Waals surface area contributed by atoms with Gasteiger partial charge in [-0.05, 0) is 49.4 Å². The van der Waals surface area contributed by atoms with E-state index in [9.17, 15) is 27.5 Å². The van der Waals surface area contributed by atoms with Crippen LogP contribution in [-0.4, -0.2) is 49.0 Å². The second-order valence-electron chi connectivity index (χ2n) is 9.91. The summed E-state index contributed by atoms with van der Waals surface area (Å²) in [6.07, 6.45) is -1.68. The Kier molecular flexibility index (Phi) is 6.71. The lowest BCUT2D eigenvalue weighted by atomic mass is 9.89. The highest BCUT2D eigenvalue weighted by Gasteiger charge is 2.57. The van der Waals surface area contributed by atoms with Crippen LogP contribution in [-0.2, 0) is 11.1 Å². The maximum Gasteiger partial charge on any atom is 0.424 e. The van der Waals surface area contributed by atoms with Gasteiger partial charge in [0.05, 0.1) is 30.6 Å². The molecule has 40 heavy (non-hydrogen) atoms. The van der Waals surface area contributed by atoms with Crippen LogP contribution < -0.4 is 25.8 Å². The van der Waals surface area contributed by atoms with Crippen molar-refractivity contribution in [3.8, 4) is 22.8 Å². The van der Waals surface area contributed by atoms with E-state index in [1.807, 2.05) is 6.08 Å². The summed E-state index contributed by atoms with van der Waals surface area (Å²) in [6.45, 7) is 0.818. The minimum Gasteiger partial charge on any atom is -0.495 e. The molecule has 0 spiro atoms. The lowest BCUT2D eigenvalue weighted by molar-refractivity contribution is -0.265. The fourth-order valence-electron chi connectivity index (χ4n) is 4.66. The number of fused-ring (bicyclic) bond motifs is 2. The number of nitrogens with one attached hydrogen (secondary N) is 2. The molecule has 2 atom stereocenters. The van der Waals surface area contributed by atoms with E-state index >= 15 is 0 Å². The summed E-state index contributed by atoms with van der Waals surface area (Å²) in [4.78, 5) is 17.2. The number of ether oxygens (including phenoxy) is 2. The molecule has 2 aliphatic heterocycles. The number of aromatic nitrogens is 1. The van der Waals surface area contributed by atoms with Crippen LogP contribution >= 0.6 is 0 Å². The normalized spacial score (nSPS) is 19.1. The Morgan fingerprint density at radius 1 is 1.25 bits per heavy atom. The first-order chi connectivity index (χ1) is 18.8. The second-order valence-corrected chi connectivity index (χ2v) is 9.91. The molecule has 8 nitrogen and oxygen atoms in total. The molecule has 2 unspecified atom stereocenters. The van der Waals surface area contributed by atoms with E-state index in [0.717, 1.165) is 18.2 Å². The van der Waals surface area contributed by atoms with Gasteiger partial charge in [-0.25, -0.2) is 9.37 Å². The Labute approximate surface area is 226 Å². The number of hydrogen-bond acceptors (Lipinski definition) is 7. The van der Waals surface area contributed by atoms with Crippen LogP contribution in [0.15, 0.2) is 48.5 Å². The van der Waals surface area contributed by atoms with Gasteiger partial charge in [0.2, 0.25) is 5.60 Å². The average molecular weight is 559 g/mol. The van der Waals surface area contributed by atoms with Crippen molar-refractivity contribution in [2.45, 2.75) is 24.2 Å². The third-order valence-electron chi connectivity index (χ3n) is 6.93. The summed E-state index contributed by atoms with van der Waals surface area (Å²) < 4.78 is 68.2. The molecular formula is C28H26F4N4O4. The highest BCUT2D eigenvalue weighted by atomic mass is 19.4. The fraction of sp³-hybridized carbons (Fsp3) is 0.286. The zero-order valence-electron chi connectivity index (χ0n) is 21.5. The SMILES string of the molecule is COc1cc(C(=O)NCC(O)(c2cc3c(c(-c4ccc(F)cc4)n2)OCC3(C)N)C(F)(F)F)cc2c1NCC=C2. The smallest absolute Gasteiger partial charge is 0.424 e. The maximum atomic E-state index is 14.5. The Balaban J connectivity index is 1.54. The number of halogens is 4. The lowest BCUT2D eigenvalue weighted by Gasteiger charge is -2.31. The first-order valence-corrected chi connectivity index (χ1v) is 12.3. The largest absolute Gasteiger partial charge is 0.495 e. The molecule has 5 N–H and O–H groups in total. The number of carbonyl (C=O) groups excluding carboxylic acids is 1. The van der Waals surface area contributed by atoms with Gasteiger partial charge < -0.3 is 30.9 Å². The topological polar surface area (TPSA) is 119 Å². The Bertz CT molecular complexity index is 1510. The molecule has 12 heteroatoms. The van der Waals surface area contributed by atoms with Gasteiger partial charge in [0.15, 0.2) is 5.75 Å². The van der Waals surface area contributed by atoms with Gasteiger partial charge in [0.1, 0.15) is 23.9 Å². The van der Waals surface area contributed by atoms with E-state index < -0.39 is 41.3 Å². The fourth-order valence-corrected chi connectivity index (χ4v) is 4.66. The first kappa shape index (κ1) is 27.4. The molecule has 1 amide bonds. The summed E-state index contributed by atoms with van der Waals surface area (Å²) in [5.74, 6) is -0.948. The van der Waals surface area contributed by atoms with Gasteiger partial charge >= 0.3 is 6.18 Å². The van der Waals surface area contributed by atoms with Crippen LogP contribution in [0.4, 0.5) is 23.2 Å². The van der Waals surface area contributed by atoms with Gasteiger partial charge in [-0.15, -0.1) is 0 Å². The number of nitrogens with zero attached hydrogens (tertiary/aromatic N) is 1. The molecule has 1 aromatic heterocycles. The van der Waals surface area contributed by atoms with E-state index in [0.29, 0.717) is 23.5 Å². The molecule has 3 aromatic rings. The number of carbonyl (C=O) groups is 1. The van der Waals surface area contributed by atoms with E-state index in [-0.39, 0.29) is 34.7 Å². The van der Waals surface area contributed by atoms with Gasteiger partial charge in [0, 0.05) is 28.8 Å². The van der Waals surface area contributed by atoms with Crippen LogP contribution in [0.25, 0.3) is 17.3 Å². The van der Waals surface area contributed by atoms with Crippen molar-refractivity contribution in [3.63, 3.8) is 0 Å². The number of nitrogens with two attached hydrogens (primary N) is 1. The molecule has 0 aliphatic carbocycles. The number of pyridine rings is 1. The minimum atomic E-state index is -5.26. The maximum absolute atomic E-state index is 14.5. The van der Waals surface area contributed by atoms with Crippen molar-refractivity contribution in [2.75, 3.05) is 32.1 Å². The number of rotatable bonds is 6. The predicted octanol–water partition coefficient (Wildman–Crippen LogP) is 4.08. The minimum absolute atomic E-state index is 0.0327. The monoisotopic (exact) mass is 558 g/mol.